The molecule has 0 aromatic carbocycles. The Bertz CT molecular complexity index is 741. The van der Waals surface area contributed by atoms with Gasteiger partial charge in [-0.15, -0.1) is 0 Å². The number of nitrogens with two attached hydrogens (primary N) is 1. The summed E-state index contributed by atoms with van der Waals surface area (Å²) in [6, 6.07) is -2.54. The van der Waals surface area contributed by atoms with Crippen molar-refractivity contribution in [1.29, 1.82) is 0 Å². The van der Waals surface area contributed by atoms with E-state index in [-0.39, 0.29) is 0 Å². The number of aliphatic hydroxyl groups excluding tert-OH is 1. The van der Waals surface area contributed by atoms with Crippen LogP contribution in [0.2, 0.25) is 0 Å². The first-order chi connectivity index (χ1) is 14.3. The highest BCUT2D eigenvalue weighted by Gasteiger charge is 2.37. The van der Waals surface area contributed by atoms with E-state index >= 15 is 0 Å². The Balaban J connectivity index is 2.67. The van der Waals surface area contributed by atoms with Crippen LogP contribution in [0.4, 0.5) is 0 Å². The van der Waals surface area contributed by atoms with Gasteiger partial charge < -0.3 is 21.1 Å². The summed E-state index contributed by atoms with van der Waals surface area (Å²) in [6.45, 7) is 4.35. The highest BCUT2D eigenvalue weighted by Crippen LogP contribution is 2.18. The summed E-state index contributed by atoms with van der Waals surface area (Å²) in [5.41, 5.74) is 7.80. The van der Waals surface area contributed by atoms with Crippen molar-refractivity contribution in [2.45, 2.75) is 64.3 Å². The topological polar surface area (TPSA) is 191 Å². The lowest BCUT2D eigenvalue weighted by molar-refractivity contribution is -0.148. The van der Waals surface area contributed by atoms with Gasteiger partial charge in [0.2, 0.25) is 23.6 Å². The number of rotatable bonds is 7. The fourth-order valence-corrected chi connectivity index (χ4v) is 2.91. The second kappa shape index (κ2) is 11.4. The molecule has 1 unspecified atom stereocenters. The van der Waals surface area contributed by atoms with E-state index in [1.54, 1.807) is 0 Å². The molecule has 4 atom stereocenters. The maximum Gasteiger partial charge on any atom is 0.261 e. The highest BCUT2D eigenvalue weighted by molar-refractivity contribution is 5.98. The minimum absolute atomic E-state index is 0.302. The van der Waals surface area contributed by atoms with Crippen LogP contribution in [0.15, 0.2) is 0 Å². The number of amides is 6. The number of nitrogens with zero attached hydrogens (tertiary/aromatic N) is 2. The first-order valence-electron chi connectivity index (χ1n) is 9.78. The van der Waals surface area contributed by atoms with E-state index in [1.165, 1.54) is 25.8 Å². The number of carbonyl (C=O) groups excluding carboxylic acids is 6. The summed E-state index contributed by atoms with van der Waals surface area (Å²) < 4.78 is 0. The van der Waals surface area contributed by atoms with Crippen molar-refractivity contribution in [3.63, 3.8) is 0 Å². The standard InChI is InChI=1S/C18H30N6O7/c1-9(19)15(28)20-10(2)18(31)24-7-5-6-12(24)16(29)22-23(4)14(27)8-13(26)17(30)21-11(3)25/h9-10,12-13,26H,5-8,19H2,1-4H3,(H,20,28)(H,22,29)(H,21,25,30)/t9-,10-,12-,13?/m0/s1. The summed E-state index contributed by atoms with van der Waals surface area (Å²) >= 11 is 0. The lowest BCUT2D eigenvalue weighted by Gasteiger charge is -2.29. The molecule has 0 saturated carbocycles. The van der Waals surface area contributed by atoms with Crippen LogP contribution in [0.25, 0.3) is 0 Å². The second-order valence-electron chi connectivity index (χ2n) is 7.40. The Morgan fingerprint density at radius 1 is 1.16 bits per heavy atom. The molecule has 174 valence electrons. The fraction of sp³-hybridized carbons (Fsp3) is 0.667. The number of aliphatic hydroxyl groups is 1. The van der Waals surface area contributed by atoms with Crippen molar-refractivity contribution in [3.05, 3.63) is 0 Å². The molecule has 13 heteroatoms. The molecule has 0 spiro atoms. The van der Waals surface area contributed by atoms with Gasteiger partial charge in [-0.2, -0.15) is 0 Å². The van der Waals surface area contributed by atoms with Gasteiger partial charge in [0.1, 0.15) is 18.2 Å². The van der Waals surface area contributed by atoms with Crippen LogP contribution in [-0.4, -0.2) is 88.3 Å². The largest absolute Gasteiger partial charge is 0.383 e. The molecule has 0 aromatic rings. The first kappa shape index (κ1) is 26.0. The van der Waals surface area contributed by atoms with Gasteiger partial charge in [0.15, 0.2) is 0 Å². The van der Waals surface area contributed by atoms with Gasteiger partial charge in [0.05, 0.1) is 12.5 Å². The molecule has 31 heavy (non-hydrogen) atoms. The van der Waals surface area contributed by atoms with Crippen molar-refractivity contribution in [1.82, 2.24) is 26.0 Å². The molecule has 0 bridgehead atoms. The molecule has 0 aromatic heterocycles. The number of imide groups is 1. The number of hydrogen-bond acceptors (Lipinski definition) is 8. The zero-order valence-electron chi connectivity index (χ0n) is 18.0. The maximum atomic E-state index is 12.7. The molecular formula is C18H30N6O7. The minimum Gasteiger partial charge on any atom is -0.383 e. The summed E-state index contributed by atoms with van der Waals surface area (Å²) in [5.74, 6) is -4.09. The molecule has 1 aliphatic rings. The van der Waals surface area contributed by atoms with Crippen molar-refractivity contribution in [2.75, 3.05) is 13.6 Å². The van der Waals surface area contributed by atoms with E-state index in [2.05, 4.69) is 10.7 Å². The number of likely N-dealkylation sites (tertiary alicyclic amines) is 1. The lowest BCUT2D eigenvalue weighted by Crippen LogP contribution is -2.56. The summed E-state index contributed by atoms with van der Waals surface area (Å²) in [4.78, 5) is 72.8. The number of carbonyl (C=O) groups is 6. The highest BCUT2D eigenvalue weighted by atomic mass is 16.3. The predicted octanol–water partition coefficient (Wildman–Crippen LogP) is -3.27. The zero-order valence-corrected chi connectivity index (χ0v) is 18.0. The van der Waals surface area contributed by atoms with Gasteiger partial charge in [0, 0.05) is 20.5 Å². The molecule has 1 fully saturated rings. The van der Waals surface area contributed by atoms with Gasteiger partial charge in [0.25, 0.3) is 11.8 Å². The van der Waals surface area contributed by atoms with E-state index in [0.29, 0.717) is 19.4 Å². The van der Waals surface area contributed by atoms with Crippen molar-refractivity contribution < 1.29 is 33.9 Å². The SMILES string of the molecule is CC(=O)NC(=O)C(O)CC(=O)N(C)NC(=O)[C@@H]1CCCN1C(=O)[C@H](C)NC(=O)[C@H](C)N. The van der Waals surface area contributed by atoms with Crippen molar-refractivity contribution >= 4 is 35.4 Å². The van der Waals surface area contributed by atoms with Crippen LogP contribution < -0.4 is 21.8 Å². The Kier molecular flexibility index (Phi) is 9.52. The van der Waals surface area contributed by atoms with Crippen LogP contribution in [-0.2, 0) is 28.8 Å². The molecule has 0 aliphatic carbocycles. The molecule has 6 N–H and O–H groups in total. The summed E-state index contributed by atoms with van der Waals surface area (Å²) in [7, 11) is 1.22. The second-order valence-corrected chi connectivity index (χ2v) is 7.40. The Morgan fingerprint density at radius 3 is 2.32 bits per heavy atom. The third kappa shape index (κ3) is 7.61. The van der Waals surface area contributed by atoms with Crippen LogP contribution in [0.3, 0.4) is 0 Å². The summed E-state index contributed by atoms with van der Waals surface area (Å²) in [6.07, 6.45) is -1.52. The molecule has 6 amide bonds. The smallest absolute Gasteiger partial charge is 0.261 e. The quantitative estimate of drug-likeness (QED) is 0.254. The Labute approximate surface area is 179 Å². The molecule has 1 heterocycles. The maximum absolute atomic E-state index is 12.7. The van der Waals surface area contributed by atoms with E-state index < -0.39 is 66.1 Å². The van der Waals surface area contributed by atoms with Crippen LogP contribution in [0, 0.1) is 0 Å². The molecule has 1 rings (SSSR count). The minimum atomic E-state index is -1.77. The van der Waals surface area contributed by atoms with Crippen molar-refractivity contribution in [3.8, 4) is 0 Å². The van der Waals surface area contributed by atoms with E-state index in [4.69, 9.17) is 5.73 Å². The molecule has 13 nitrogen and oxygen atoms in total. The third-order valence-corrected chi connectivity index (χ3v) is 4.60. The van der Waals surface area contributed by atoms with Crippen LogP contribution in [0.5, 0.6) is 0 Å². The fourth-order valence-electron chi connectivity index (χ4n) is 2.91. The summed E-state index contributed by atoms with van der Waals surface area (Å²) in [5, 5.41) is 14.8. The monoisotopic (exact) mass is 442 g/mol. The normalized spacial score (nSPS) is 18.4. The van der Waals surface area contributed by atoms with Crippen LogP contribution >= 0.6 is 0 Å². The van der Waals surface area contributed by atoms with Gasteiger partial charge >= 0.3 is 0 Å². The number of hydrogen-bond donors (Lipinski definition) is 5. The van der Waals surface area contributed by atoms with Gasteiger partial charge in [-0.1, -0.05) is 0 Å². The zero-order chi connectivity index (χ0) is 23.9. The van der Waals surface area contributed by atoms with Gasteiger partial charge in [-0.3, -0.25) is 44.5 Å². The Morgan fingerprint density at radius 2 is 1.77 bits per heavy atom. The molecular weight excluding hydrogens is 412 g/mol. The number of hydrazine groups is 1. The molecule has 1 aliphatic heterocycles. The van der Waals surface area contributed by atoms with E-state index in [9.17, 15) is 33.9 Å². The van der Waals surface area contributed by atoms with Crippen molar-refractivity contribution in [2.24, 2.45) is 5.73 Å². The number of nitrogens with one attached hydrogen (secondary N) is 3. The molecule has 1 saturated heterocycles. The average molecular weight is 442 g/mol. The van der Waals surface area contributed by atoms with Gasteiger partial charge in [-0.25, -0.2) is 0 Å². The third-order valence-electron chi connectivity index (χ3n) is 4.60. The van der Waals surface area contributed by atoms with Crippen LogP contribution in [0.1, 0.15) is 40.0 Å². The molecule has 0 radical (unpaired) electrons. The Hall–Kier alpha value is -3.06. The lowest BCUT2D eigenvalue weighted by atomic mass is 10.2. The average Bonchev–Trinajstić information content (AvgIpc) is 3.16. The first-order valence-corrected chi connectivity index (χ1v) is 9.78. The van der Waals surface area contributed by atoms with Gasteiger partial charge in [-0.05, 0) is 26.7 Å². The van der Waals surface area contributed by atoms with E-state index in [1.807, 2.05) is 5.32 Å². The predicted molar refractivity (Wildman–Crippen MR) is 106 cm³/mol. The van der Waals surface area contributed by atoms with E-state index in [0.717, 1.165) is 11.9 Å².